The molecule has 0 aliphatic carbocycles. The third-order valence-electron chi connectivity index (χ3n) is 3.32. The van der Waals surface area contributed by atoms with E-state index in [1.54, 1.807) is 6.21 Å². The fourth-order valence-corrected chi connectivity index (χ4v) is 1.96. The Morgan fingerprint density at radius 2 is 1.82 bits per heavy atom. The molecule has 4 nitrogen and oxygen atoms in total. The molecule has 1 unspecified atom stereocenters. The molecule has 1 atom stereocenters. The van der Waals surface area contributed by atoms with Gasteiger partial charge in [0.2, 0.25) is 0 Å². The fraction of sp³-hybridized carbons (Fsp3) is 0.222. The Bertz CT molecular complexity index is 621. The normalized spacial score (nSPS) is 12.1. The second-order valence-corrected chi connectivity index (χ2v) is 5.23. The second-order valence-electron chi connectivity index (χ2n) is 5.23. The van der Waals surface area contributed by atoms with Gasteiger partial charge in [-0.1, -0.05) is 55.0 Å². The molecule has 0 aliphatic rings. The van der Waals surface area contributed by atoms with E-state index < -0.39 is 0 Å². The molecule has 0 heterocycles. The molecule has 22 heavy (non-hydrogen) atoms. The van der Waals surface area contributed by atoms with Crippen molar-refractivity contribution in [1.29, 1.82) is 0 Å². The average Bonchev–Trinajstić information content (AvgIpc) is 2.55. The SMILES string of the molecule is Cc1ccc(NCC(=O)NN=CC(C)c2ccccc2)cc1. The van der Waals surface area contributed by atoms with Gasteiger partial charge in [-0.25, -0.2) is 5.43 Å². The predicted octanol–water partition coefficient (Wildman–Crippen LogP) is 3.31. The third-order valence-corrected chi connectivity index (χ3v) is 3.32. The standard InChI is InChI=1S/C18H21N3O/c1-14-8-10-17(11-9-14)19-13-18(22)21-20-12-15(2)16-6-4-3-5-7-16/h3-12,15,19H,13H2,1-2H3,(H,21,22). The molecule has 0 aliphatic heterocycles. The van der Waals surface area contributed by atoms with Crippen molar-refractivity contribution in [3.05, 3.63) is 65.7 Å². The summed E-state index contributed by atoms with van der Waals surface area (Å²) in [6.07, 6.45) is 1.74. The number of benzene rings is 2. The Balaban J connectivity index is 1.75. The lowest BCUT2D eigenvalue weighted by molar-refractivity contribution is -0.119. The van der Waals surface area contributed by atoms with Crippen LogP contribution in [0.15, 0.2) is 59.7 Å². The van der Waals surface area contributed by atoms with Gasteiger partial charge in [0.25, 0.3) is 5.91 Å². The Kier molecular flexibility index (Phi) is 5.72. The van der Waals surface area contributed by atoms with Crippen molar-refractivity contribution in [2.24, 2.45) is 5.10 Å². The van der Waals surface area contributed by atoms with Crippen LogP contribution in [-0.2, 0) is 4.79 Å². The van der Waals surface area contributed by atoms with Gasteiger partial charge in [0.05, 0.1) is 6.54 Å². The van der Waals surface area contributed by atoms with E-state index in [2.05, 4.69) is 15.8 Å². The van der Waals surface area contributed by atoms with E-state index in [9.17, 15) is 4.79 Å². The van der Waals surface area contributed by atoms with Crippen LogP contribution in [0.25, 0.3) is 0 Å². The number of nitrogens with zero attached hydrogens (tertiary/aromatic N) is 1. The number of hydrazone groups is 1. The summed E-state index contributed by atoms with van der Waals surface area (Å²) in [7, 11) is 0. The van der Waals surface area contributed by atoms with Gasteiger partial charge in [0.1, 0.15) is 0 Å². The highest BCUT2D eigenvalue weighted by atomic mass is 16.2. The van der Waals surface area contributed by atoms with Crippen LogP contribution in [0.1, 0.15) is 24.0 Å². The summed E-state index contributed by atoms with van der Waals surface area (Å²) in [5.74, 6) is -0.0105. The maximum absolute atomic E-state index is 11.7. The lowest BCUT2D eigenvalue weighted by Crippen LogP contribution is -2.26. The van der Waals surface area contributed by atoms with Crippen molar-refractivity contribution in [2.75, 3.05) is 11.9 Å². The largest absolute Gasteiger partial charge is 0.376 e. The van der Waals surface area contributed by atoms with Crippen molar-refractivity contribution in [3.8, 4) is 0 Å². The molecular weight excluding hydrogens is 274 g/mol. The fourth-order valence-electron chi connectivity index (χ4n) is 1.96. The van der Waals surface area contributed by atoms with Gasteiger partial charge in [0, 0.05) is 17.8 Å². The van der Waals surface area contributed by atoms with Gasteiger partial charge in [-0.05, 0) is 24.6 Å². The molecule has 2 rings (SSSR count). The number of rotatable bonds is 6. The first kappa shape index (κ1) is 15.8. The highest BCUT2D eigenvalue weighted by Crippen LogP contribution is 2.11. The van der Waals surface area contributed by atoms with E-state index in [1.807, 2.05) is 68.4 Å². The van der Waals surface area contributed by atoms with E-state index in [-0.39, 0.29) is 18.4 Å². The number of hydrogen-bond donors (Lipinski definition) is 2. The summed E-state index contributed by atoms with van der Waals surface area (Å²) in [6.45, 7) is 4.26. The van der Waals surface area contributed by atoms with Gasteiger partial charge in [0.15, 0.2) is 0 Å². The first-order valence-electron chi connectivity index (χ1n) is 7.32. The van der Waals surface area contributed by atoms with Crippen LogP contribution in [0.4, 0.5) is 5.69 Å². The molecule has 0 fully saturated rings. The minimum absolute atomic E-state index is 0.159. The molecule has 0 aromatic heterocycles. The summed E-state index contributed by atoms with van der Waals surface area (Å²) in [6, 6.07) is 17.9. The quantitative estimate of drug-likeness (QED) is 0.634. The van der Waals surface area contributed by atoms with Gasteiger partial charge in [-0.3, -0.25) is 4.79 Å². The van der Waals surface area contributed by atoms with Crippen molar-refractivity contribution in [3.63, 3.8) is 0 Å². The number of hydrogen-bond acceptors (Lipinski definition) is 3. The summed E-state index contributed by atoms with van der Waals surface area (Å²) < 4.78 is 0. The van der Waals surface area contributed by atoms with E-state index in [1.165, 1.54) is 11.1 Å². The molecule has 2 aromatic rings. The number of carbonyl (C=O) groups is 1. The van der Waals surface area contributed by atoms with Gasteiger partial charge < -0.3 is 5.32 Å². The third kappa shape index (κ3) is 5.05. The maximum atomic E-state index is 11.7. The number of nitrogens with one attached hydrogen (secondary N) is 2. The molecule has 2 N–H and O–H groups in total. The zero-order valence-electron chi connectivity index (χ0n) is 12.9. The van der Waals surface area contributed by atoms with Gasteiger partial charge in [-0.2, -0.15) is 5.10 Å². The van der Waals surface area contributed by atoms with Crippen LogP contribution in [0, 0.1) is 6.92 Å². The Hall–Kier alpha value is -2.62. The molecule has 2 aromatic carbocycles. The van der Waals surface area contributed by atoms with Gasteiger partial charge in [-0.15, -0.1) is 0 Å². The first-order valence-corrected chi connectivity index (χ1v) is 7.32. The first-order chi connectivity index (χ1) is 10.6. The van der Waals surface area contributed by atoms with Crippen LogP contribution in [0.2, 0.25) is 0 Å². The molecular formula is C18H21N3O. The minimum atomic E-state index is -0.169. The highest BCUT2D eigenvalue weighted by molar-refractivity contribution is 5.81. The molecule has 4 heteroatoms. The zero-order chi connectivity index (χ0) is 15.8. The molecule has 1 amide bonds. The van der Waals surface area contributed by atoms with Crippen molar-refractivity contribution < 1.29 is 4.79 Å². The van der Waals surface area contributed by atoms with E-state index in [0.29, 0.717) is 0 Å². The number of anilines is 1. The monoisotopic (exact) mass is 295 g/mol. The van der Waals surface area contributed by atoms with Crippen molar-refractivity contribution in [2.45, 2.75) is 19.8 Å². The lowest BCUT2D eigenvalue weighted by Gasteiger charge is -2.07. The molecule has 114 valence electrons. The van der Waals surface area contributed by atoms with Crippen molar-refractivity contribution >= 4 is 17.8 Å². The van der Waals surface area contributed by atoms with E-state index >= 15 is 0 Å². The number of aryl methyl sites for hydroxylation is 1. The molecule has 0 saturated carbocycles. The van der Waals surface area contributed by atoms with Crippen LogP contribution in [0.3, 0.4) is 0 Å². The highest BCUT2D eigenvalue weighted by Gasteiger charge is 2.02. The number of carbonyl (C=O) groups excluding carboxylic acids is 1. The summed E-state index contributed by atoms with van der Waals surface area (Å²) in [5.41, 5.74) is 5.81. The van der Waals surface area contributed by atoms with Crippen molar-refractivity contribution in [1.82, 2.24) is 5.43 Å². The zero-order valence-corrected chi connectivity index (χ0v) is 12.9. The van der Waals surface area contributed by atoms with E-state index in [0.717, 1.165) is 5.69 Å². The second kappa shape index (κ2) is 7.98. The summed E-state index contributed by atoms with van der Waals surface area (Å²) in [4.78, 5) is 11.7. The maximum Gasteiger partial charge on any atom is 0.259 e. The minimum Gasteiger partial charge on any atom is -0.376 e. The number of amides is 1. The Morgan fingerprint density at radius 1 is 1.14 bits per heavy atom. The molecule has 0 bridgehead atoms. The average molecular weight is 295 g/mol. The predicted molar refractivity (Wildman–Crippen MR) is 91.2 cm³/mol. The van der Waals surface area contributed by atoms with Gasteiger partial charge >= 0.3 is 0 Å². The lowest BCUT2D eigenvalue weighted by atomic mass is 10.0. The summed E-state index contributed by atoms with van der Waals surface area (Å²) >= 11 is 0. The Morgan fingerprint density at radius 3 is 2.50 bits per heavy atom. The van der Waals surface area contributed by atoms with Crippen LogP contribution >= 0.6 is 0 Å². The molecule has 0 saturated heterocycles. The molecule has 0 radical (unpaired) electrons. The van der Waals surface area contributed by atoms with Crippen LogP contribution < -0.4 is 10.7 Å². The van der Waals surface area contributed by atoms with E-state index in [4.69, 9.17) is 0 Å². The smallest absolute Gasteiger partial charge is 0.259 e. The molecule has 0 spiro atoms. The topological polar surface area (TPSA) is 53.5 Å². The Labute approximate surface area is 131 Å². The van der Waals surface area contributed by atoms with Crippen LogP contribution in [0.5, 0.6) is 0 Å². The van der Waals surface area contributed by atoms with Crippen LogP contribution in [-0.4, -0.2) is 18.7 Å². The summed E-state index contributed by atoms with van der Waals surface area (Å²) in [5, 5.41) is 7.06.